The molecule has 25 heavy (non-hydrogen) atoms. The second-order valence-electron chi connectivity index (χ2n) is 5.89. The quantitative estimate of drug-likeness (QED) is 0.889. The first-order valence-electron chi connectivity index (χ1n) is 8.04. The van der Waals surface area contributed by atoms with Crippen molar-refractivity contribution in [2.24, 2.45) is 0 Å². The van der Waals surface area contributed by atoms with Crippen LogP contribution in [0.2, 0.25) is 0 Å². The fraction of sp³-hybridized carbons (Fsp3) is 0.278. The normalized spacial score (nSPS) is 15.8. The molecule has 1 amide bonds. The summed E-state index contributed by atoms with van der Waals surface area (Å²) in [6.07, 6.45) is 0.614. The maximum absolute atomic E-state index is 12.1. The van der Waals surface area contributed by atoms with Crippen LogP contribution in [0, 0.1) is 6.92 Å². The number of aryl methyl sites for hydroxylation is 1. The second-order valence-corrected chi connectivity index (χ2v) is 7.90. The highest BCUT2D eigenvalue weighted by Gasteiger charge is 2.28. The van der Waals surface area contributed by atoms with Crippen LogP contribution in [0.15, 0.2) is 48.5 Å². The Morgan fingerprint density at radius 2 is 1.96 bits per heavy atom. The van der Waals surface area contributed by atoms with E-state index in [1.165, 1.54) is 4.31 Å². The maximum Gasteiger partial charge on any atom is 0.262 e. The number of hydrogen-bond donors (Lipinski definition) is 1. The Labute approximate surface area is 147 Å². The molecule has 2 aromatic carbocycles. The van der Waals surface area contributed by atoms with Crippen LogP contribution < -0.4 is 14.4 Å². The van der Waals surface area contributed by atoms with Crippen molar-refractivity contribution in [3.63, 3.8) is 0 Å². The van der Waals surface area contributed by atoms with Gasteiger partial charge in [-0.05, 0) is 43.2 Å². The Balaban J connectivity index is 1.69. The second kappa shape index (κ2) is 7.14. The number of benzene rings is 2. The lowest BCUT2D eigenvalue weighted by Crippen LogP contribution is -2.25. The van der Waals surface area contributed by atoms with Crippen molar-refractivity contribution in [3.8, 4) is 5.75 Å². The molecule has 0 aliphatic carbocycles. The zero-order valence-electron chi connectivity index (χ0n) is 13.9. The Bertz CT molecular complexity index is 866. The van der Waals surface area contributed by atoms with Gasteiger partial charge in [-0.1, -0.05) is 24.3 Å². The molecule has 1 heterocycles. The Morgan fingerprint density at radius 1 is 1.20 bits per heavy atom. The van der Waals surface area contributed by atoms with Crippen LogP contribution in [0.1, 0.15) is 12.0 Å². The van der Waals surface area contributed by atoms with Gasteiger partial charge in [-0.3, -0.25) is 9.10 Å². The third-order valence-electron chi connectivity index (χ3n) is 4.00. The van der Waals surface area contributed by atoms with Crippen LogP contribution in [0.5, 0.6) is 5.75 Å². The van der Waals surface area contributed by atoms with Gasteiger partial charge in [0.25, 0.3) is 5.91 Å². The molecule has 1 saturated heterocycles. The van der Waals surface area contributed by atoms with Gasteiger partial charge in [-0.15, -0.1) is 0 Å². The van der Waals surface area contributed by atoms with E-state index in [0.29, 0.717) is 30.1 Å². The number of anilines is 2. The number of sulfonamides is 1. The molecule has 1 fully saturated rings. The zero-order chi connectivity index (χ0) is 17.9. The summed E-state index contributed by atoms with van der Waals surface area (Å²) in [5, 5.41) is 2.79. The highest BCUT2D eigenvalue weighted by atomic mass is 32.2. The van der Waals surface area contributed by atoms with Gasteiger partial charge in [0.15, 0.2) is 6.61 Å². The highest BCUT2D eigenvalue weighted by Crippen LogP contribution is 2.28. The number of ether oxygens (including phenoxy) is 1. The largest absolute Gasteiger partial charge is 0.484 e. The van der Waals surface area contributed by atoms with Crippen LogP contribution >= 0.6 is 0 Å². The van der Waals surface area contributed by atoms with Crippen molar-refractivity contribution in [3.05, 3.63) is 54.1 Å². The first-order chi connectivity index (χ1) is 12.0. The SMILES string of the molecule is Cc1ccc(N2CCCS2(=O)=O)cc1NC(=O)COc1ccccc1. The van der Waals surface area contributed by atoms with Gasteiger partial charge in [0.2, 0.25) is 10.0 Å². The minimum Gasteiger partial charge on any atom is -0.484 e. The molecule has 2 aromatic rings. The van der Waals surface area contributed by atoms with Crippen LogP contribution in [-0.4, -0.2) is 33.2 Å². The van der Waals surface area contributed by atoms with Gasteiger partial charge in [-0.25, -0.2) is 8.42 Å². The van der Waals surface area contributed by atoms with E-state index in [1.807, 2.05) is 25.1 Å². The number of para-hydroxylation sites is 1. The van der Waals surface area contributed by atoms with E-state index < -0.39 is 10.0 Å². The summed E-state index contributed by atoms with van der Waals surface area (Å²) in [4.78, 5) is 12.1. The molecule has 3 rings (SSSR count). The lowest BCUT2D eigenvalue weighted by Gasteiger charge is -2.19. The lowest BCUT2D eigenvalue weighted by atomic mass is 10.1. The average Bonchev–Trinajstić information content (AvgIpc) is 2.95. The van der Waals surface area contributed by atoms with Gasteiger partial charge < -0.3 is 10.1 Å². The van der Waals surface area contributed by atoms with Crippen molar-refractivity contribution < 1.29 is 17.9 Å². The van der Waals surface area contributed by atoms with E-state index in [9.17, 15) is 13.2 Å². The van der Waals surface area contributed by atoms with Gasteiger partial charge in [0, 0.05) is 12.2 Å². The summed E-state index contributed by atoms with van der Waals surface area (Å²) < 4.78 is 30.9. The van der Waals surface area contributed by atoms with E-state index in [-0.39, 0.29) is 18.3 Å². The van der Waals surface area contributed by atoms with Gasteiger partial charge in [-0.2, -0.15) is 0 Å². The van der Waals surface area contributed by atoms with Gasteiger partial charge >= 0.3 is 0 Å². The molecule has 0 atom stereocenters. The molecule has 1 N–H and O–H groups in total. The number of amides is 1. The van der Waals surface area contributed by atoms with Crippen LogP contribution in [0.3, 0.4) is 0 Å². The number of carbonyl (C=O) groups is 1. The molecule has 0 aromatic heterocycles. The first-order valence-corrected chi connectivity index (χ1v) is 9.65. The van der Waals surface area contributed by atoms with Crippen molar-refractivity contribution >= 4 is 27.3 Å². The minimum atomic E-state index is -3.25. The minimum absolute atomic E-state index is 0.115. The smallest absolute Gasteiger partial charge is 0.262 e. The standard InChI is InChI=1S/C18H20N2O4S/c1-14-8-9-15(20-10-5-11-25(20,22)23)12-17(14)19-18(21)13-24-16-6-3-2-4-7-16/h2-4,6-9,12H,5,10-11,13H2,1H3,(H,19,21). The molecule has 0 spiro atoms. The fourth-order valence-corrected chi connectivity index (χ4v) is 4.24. The Hall–Kier alpha value is -2.54. The van der Waals surface area contributed by atoms with Crippen LogP contribution in [-0.2, 0) is 14.8 Å². The van der Waals surface area contributed by atoms with Crippen molar-refractivity contribution in [1.82, 2.24) is 0 Å². The predicted octanol–water partition coefficient (Wildman–Crippen LogP) is 2.55. The van der Waals surface area contributed by atoms with E-state index in [0.717, 1.165) is 5.56 Å². The van der Waals surface area contributed by atoms with Crippen LogP contribution in [0.25, 0.3) is 0 Å². The first kappa shape index (κ1) is 17.3. The number of hydrogen-bond acceptors (Lipinski definition) is 4. The summed E-state index contributed by atoms with van der Waals surface area (Å²) in [6, 6.07) is 14.3. The summed E-state index contributed by atoms with van der Waals surface area (Å²) >= 11 is 0. The molecule has 0 radical (unpaired) electrons. The van der Waals surface area contributed by atoms with E-state index >= 15 is 0 Å². The van der Waals surface area contributed by atoms with Crippen molar-refractivity contribution in [2.45, 2.75) is 13.3 Å². The molecule has 7 heteroatoms. The third kappa shape index (κ3) is 4.11. The topological polar surface area (TPSA) is 75.7 Å². The summed E-state index contributed by atoms with van der Waals surface area (Å²) in [6.45, 7) is 2.21. The van der Waals surface area contributed by atoms with Crippen molar-refractivity contribution in [2.75, 3.05) is 28.5 Å². The van der Waals surface area contributed by atoms with Crippen molar-refractivity contribution in [1.29, 1.82) is 0 Å². The summed E-state index contributed by atoms with van der Waals surface area (Å²) in [5.41, 5.74) is 2.01. The monoisotopic (exact) mass is 360 g/mol. The molecule has 1 aliphatic rings. The zero-order valence-corrected chi connectivity index (χ0v) is 14.8. The maximum atomic E-state index is 12.1. The number of carbonyl (C=O) groups excluding carboxylic acids is 1. The molecule has 1 aliphatic heterocycles. The molecule has 132 valence electrons. The Kier molecular flexibility index (Phi) is 4.94. The van der Waals surface area contributed by atoms with E-state index in [2.05, 4.69) is 5.32 Å². The average molecular weight is 360 g/mol. The number of nitrogens with one attached hydrogen (secondary N) is 1. The third-order valence-corrected chi connectivity index (χ3v) is 5.87. The number of rotatable bonds is 5. The molecule has 0 bridgehead atoms. The molecule has 0 saturated carbocycles. The predicted molar refractivity (Wildman–Crippen MR) is 97.5 cm³/mol. The van der Waals surface area contributed by atoms with Crippen LogP contribution in [0.4, 0.5) is 11.4 Å². The Morgan fingerprint density at radius 3 is 2.64 bits per heavy atom. The molecule has 6 nitrogen and oxygen atoms in total. The van der Waals surface area contributed by atoms with Gasteiger partial charge in [0.05, 0.1) is 11.4 Å². The molecular formula is C18H20N2O4S. The van der Waals surface area contributed by atoms with E-state index in [4.69, 9.17) is 4.74 Å². The summed E-state index contributed by atoms with van der Waals surface area (Å²) in [7, 11) is -3.25. The van der Waals surface area contributed by atoms with E-state index in [1.54, 1.807) is 30.3 Å². The van der Waals surface area contributed by atoms with Gasteiger partial charge in [0.1, 0.15) is 5.75 Å². The summed E-state index contributed by atoms with van der Waals surface area (Å²) in [5.74, 6) is 0.479. The molecule has 0 unspecified atom stereocenters. The highest BCUT2D eigenvalue weighted by molar-refractivity contribution is 7.93. The lowest BCUT2D eigenvalue weighted by molar-refractivity contribution is -0.118. The fourth-order valence-electron chi connectivity index (χ4n) is 2.68. The number of nitrogens with zero attached hydrogens (tertiary/aromatic N) is 1. The molecular weight excluding hydrogens is 340 g/mol.